The lowest BCUT2D eigenvalue weighted by Gasteiger charge is -2.25. The standard InChI is InChI=1S/C19H28N4S/c1-16(23(3)15-17-8-5-4-6-9-17)14-22-19(20-2)21-12-11-18-10-7-13-24-18/h4-10,13,16H,11-12,14-15H2,1-3H3,(H2,20,21,22). The van der Waals surface area contributed by atoms with Crippen LogP contribution in [0.25, 0.3) is 0 Å². The molecule has 2 N–H and O–H groups in total. The quantitative estimate of drug-likeness (QED) is 0.571. The minimum absolute atomic E-state index is 0.418. The molecule has 0 saturated carbocycles. The van der Waals surface area contributed by atoms with Crippen LogP contribution in [-0.4, -0.2) is 44.1 Å². The van der Waals surface area contributed by atoms with Gasteiger partial charge in [0.15, 0.2) is 5.96 Å². The van der Waals surface area contributed by atoms with E-state index in [9.17, 15) is 0 Å². The topological polar surface area (TPSA) is 39.7 Å². The summed E-state index contributed by atoms with van der Waals surface area (Å²) >= 11 is 1.80. The van der Waals surface area contributed by atoms with E-state index in [4.69, 9.17) is 0 Å². The van der Waals surface area contributed by atoms with Gasteiger partial charge in [-0.1, -0.05) is 36.4 Å². The van der Waals surface area contributed by atoms with Gasteiger partial charge >= 0.3 is 0 Å². The Morgan fingerprint density at radius 3 is 2.62 bits per heavy atom. The highest BCUT2D eigenvalue weighted by Crippen LogP contribution is 2.08. The number of hydrogen-bond donors (Lipinski definition) is 2. The van der Waals surface area contributed by atoms with Crippen LogP contribution in [0.1, 0.15) is 17.4 Å². The summed E-state index contributed by atoms with van der Waals surface area (Å²) in [4.78, 5) is 8.05. The minimum Gasteiger partial charge on any atom is -0.356 e. The van der Waals surface area contributed by atoms with Gasteiger partial charge in [-0.3, -0.25) is 9.89 Å². The Kier molecular flexibility index (Phi) is 7.79. The van der Waals surface area contributed by atoms with Crippen LogP contribution in [0.3, 0.4) is 0 Å². The molecule has 0 bridgehead atoms. The van der Waals surface area contributed by atoms with Gasteiger partial charge in [0, 0.05) is 37.6 Å². The number of thiophene rings is 1. The van der Waals surface area contributed by atoms with E-state index in [0.717, 1.165) is 32.0 Å². The Hall–Kier alpha value is -1.85. The van der Waals surface area contributed by atoms with Crippen LogP contribution in [0.2, 0.25) is 0 Å². The summed E-state index contributed by atoms with van der Waals surface area (Å²) in [6, 6.07) is 15.3. The number of rotatable bonds is 8. The van der Waals surface area contributed by atoms with Crippen LogP contribution in [0.5, 0.6) is 0 Å². The maximum atomic E-state index is 4.30. The molecule has 5 heteroatoms. The largest absolute Gasteiger partial charge is 0.356 e. The molecule has 0 radical (unpaired) electrons. The second-order valence-corrected chi connectivity index (χ2v) is 6.99. The summed E-state index contributed by atoms with van der Waals surface area (Å²) < 4.78 is 0. The third-order valence-electron chi connectivity index (χ3n) is 4.06. The monoisotopic (exact) mass is 344 g/mol. The van der Waals surface area contributed by atoms with Crippen molar-refractivity contribution in [3.63, 3.8) is 0 Å². The molecule has 24 heavy (non-hydrogen) atoms. The Morgan fingerprint density at radius 1 is 1.17 bits per heavy atom. The first-order valence-corrected chi connectivity index (χ1v) is 9.28. The Balaban J connectivity index is 1.69. The molecule has 0 amide bonds. The van der Waals surface area contributed by atoms with E-state index in [1.165, 1.54) is 10.4 Å². The maximum absolute atomic E-state index is 4.30. The fourth-order valence-corrected chi connectivity index (χ4v) is 3.12. The molecular weight excluding hydrogens is 316 g/mol. The predicted molar refractivity (Wildman–Crippen MR) is 105 cm³/mol. The molecule has 0 spiro atoms. The van der Waals surface area contributed by atoms with Gasteiger partial charge in [-0.2, -0.15) is 0 Å². The van der Waals surface area contributed by atoms with Gasteiger partial charge in [-0.05, 0) is 37.4 Å². The molecule has 0 aliphatic rings. The lowest BCUT2D eigenvalue weighted by molar-refractivity contribution is 0.249. The van der Waals surface area contributed by atoms with Crippen LogP contribution in [-0.2, 0) is 13.0 Å². The summed E-state index contributed by atoms with van der Waals surface area (Å²) in [6.07, 6.45) is 1.03. The minimum atomic E-state index is 0.418. The highest BCUT2D eigenvalue weighted by Gasteiger charge is 2.10. The fraction of sp³-hybridized carbons (Fsp3) is 0.421. The fourth-order valence-electron chi connectivity index (χ4n) is 2.41. The lowest BCUT2D eigenvalue weighted by Crippen LogP contribution is -2.45. The predicted octanol–water partition coefficient (Wildman–Crippen LogP) is 2.98. The molecule has 0 aliphatic carbocycles. The first-order chi connectivity index (χ1) is 11.7. The van der Waals surface area contributed by atoms with Gasteiger partial charge in [-0.15, -0.1) is 11.3 Å². The van der Waals surface area contributed by atoms with Crippen molar-refractivity contribution >= 4 is 17.3 Å². The summed E-state index contributed by atoms with van der Waals surface area (Å²) in [5.74, 6) is 0.867. The zero-order valence-corrected chi connectivity index (χ0v) is 15.6. The van der Waals surface area contributed by atoms with Gasteiger partial charge in [0.05, 0.1) is 0 Å². The van der Waals surface area contributed by atoms with Crippen LogP contribution < -0.4 is 10.6 Å². The number of hydrogen-bond acceptors (Lipinski definition) is 3. The first kappa shape index (κ1) is 18.5. The second kappa shape index (κ2) is 10.1. The molecule has 2 rings (SSSR count). The number of likely N-dealkylation sites (N-methyl/N-ethyl adjacent to an activating group) is 1. The molecule has 2 aromatic rings. The van der Waals surface area contributed by atoms with E-state index >= 15 is 0 Å². The molecule has 1 aromatic carbocycles. The lowest BCUT2D eigenvalue weighted by atomic mass is 10.2. The highest BCUT2D eigenvalue weighted by atomic mass is 32.1. The van der Waals surface area contributed by atoms with Crippen molar-refractivity contribution < 1.29 is 0 Å². The van der Waals surface area contributed by atoms with Gasteiger partial charge in [0.2, 0.25) is 0 Å². The molecule has 130 valence electrons. The zero-order valence-electron chi connectivity index (χ0n) is 14.8. The second-order valence-electron chi connectivity index (χ2n) is 5.96. The summed E-state index contributed by atoms with van der Waals surface area (Å²) in [6.45, 7) is 4.94. The van der Waals surface area contributed by atoms with Gasteiger partial charge in [0.25, 0.3) is 0 Å². The molecule has 1 aromatic heterocycles. The summed E-state index contributed by atoms with van der Waals surface area (Å²) in [5.41, 5.74) is 1.34. The Bertz CT molecular complexity index is 595. The van der Waals surface area contributed by atoms with Crippen LogP contribution in [0, 0.1) is 0 Å². The summed E-state index contributed by atoms with van der Waals surface area (Å²) in [5, 5.41) is 8.91. The summed E-state index contributed by atoms with van der Waals surface area (Å²) in [7, 11) is 3.98. The first-order valence-electron chi connectivity index (χ1n) is 8.40. The number of benzene rings is 1. The third kappa shape index (κ3) is 6.34. The molecular formula is C19H28N4S. The number of nitrogens with one attached hydrogen (secondary N) is 2. The normalized spacial score (nSPS) is 13.1. The maximum Gasteiger partial charge on any atom is 0.191 e. The Morgan fingerprint density at radius 2 is 1.96 bits per heavy atom. The SMILES string of the molecule is CN=C(NCCc1cccs1)NCC(C)N(C)Cc1ccccc1. The van der Waals surface area contributed by atoms with Crippen LogP contribution >= 0.6 is 11.3 Å². The van der Waals surface area contributed by atoms with E-state index < -0.39 is 0 Å². The molecule has 1 unspecified atom stereocenters. The Labute approximate surface area is 149 Å². The molecule has 0 aliphatic heterocycles. The number of nitrogens with zero attached hydrogens (tertiary/aromatic N) is 2. The molecule has 1 atom stereocenters. The van der Waals surface area contributed by atoms with Crippen LogP contribution in [0.4, 0.5) is 0 Å². The average molecular weight is 345 g/mol. The van der Waals surface area contributed by atoms with E-state index in [1.807, 2.05) is 7.05 Å². The molecule has 1 heterocycles. The zero-order chi connectivity index (χ0) is 17.2. The van der Waals surface area contributed by atoms with Crippen molar-refractivity contribution in [1.82, 2.24) is 15.5 Å². The highest BCUT2D eigenvalue weighted by molar-refractivity contribution is 7.09. The average Bonchev–Trinajstić information content (AvgIpc) is 3.12. The van der Waals surface area contributed by atoms with Crippen molar-refractivity contribution in [2.45, 2.75) is 25.9 Å². The van der Waals surface area contributed by atoms with Gasteiger partial charge in [0.1, 0.15) is 0 Å². The molecule has 4 nitrogen and oxygen atoms in total. The number of guanidine groups is 1. The number of aliphatic imine (C=N–C) groups is 1. The van der Waals surface area contributed by atoms with Crippen molar-refractivity contribution in [2.24, 2.45) is 4.99 Å². The van der Waals surface area contributed by atoms with Crippen molar-refractivity contribution in [1.29, 1.82) is 0 Å². The van der Waals surface area contributed by atoms with Gasteiger partial charge < -0.3 is 10.6 Å². The third-order valence-corrected chi connectivity index (χ3v) is 5.00. The van der Waals surface area contributed by atoms with Crippen LogP contribution in [0.15, 0.2) is 52.8 Å². The van der Waals surface area contributed by atoms with E-state index in [1.54, 1.807) is 11.3 Å². The van der Waals surface area contributed by atoms with Crippen molar-refractivity contribution in [3.05, 3.63) is 58.3 Å². The van der Waals surface area contributed by atoms with E-state index in [2.05, 4.69) is 82.3 Å². The van der Waals surface area contributed by atoms with Crippen molar-refractivity contribution in [2.75, 3.05) is 27.2 Å². The van der Waals surface area contributed by atoms with Crippen molar-refractivity contribution in [3.8, 4) is 0 Å². The van der Waals surface area contributed by atoms with E-state index in [-0.39, 0.29) is 0 Å². The molecule has 0 fully saturated rings. The van der Waals surface area contributed by atoms with E-state index in [0.29, 0.717) is 6.04 Å². The van der Waals surface area contributed by atoms with Gasteiger partial charge in [-0.25, -0.2) is 0 Å². The smallest absolute Gasteiger partial charge is 0.191 e. The molecule has 0 saturated heterocycles.